The van der Waals surface area contributed by atoms with Crippen LogP contribution in [-0.4, -0.2) is 20.8 Å². The summed E-state index contributed by atoms with van der Waals surface area (Å²) in [6.07, 6.45) is 0. The van der Waals surface area contributed by atoms with Crippen molar-refractivity contribution in [1.82, 2.24) is 9.78 Å². The minimum atomic E-state index is 0.0602. The molecular formula is C12H13BrN4O. The van der Waals surface area contributed by atoms with Crippen molar-refractivity contribution in [3.05, 3.63) is 45.7 Å². The zero-order valence-electron chi connectivity index (χ0n) is 10.1. The number of amidine groups is 1. The molecule has 3 N–H and O–H groups in total. The fourth-order valence-electron chi connectivity index (χ4n) is 1.82. The normalized spacial score (nSPS) is 11.8. The third-order valence-corrected chi connectivity index (χ3v) is 3.07. The quantitative estimate of drug-likeness (QED) is 0.387. The van der Waals surface area contributed by atoms with Crippen LogP contribution in [0.1, 0.15) is 17.0 Å². The molecule has 0 atom stereocenters. The molecule has 0 spiro atoms. The Hall–Kier alpha value is -1.82. The summed E-state index contributed by atoms with van der Waals surface area (Å²) in [6.45, 7) is 3.88. The molecule has 0 aliphatic heterocycles. The van der Waals surface area contributed by atoms with Gasteiger partial charge in [0.2, 0.25) is 0 Å². The Labute approximate surface area is 113 Å². The van der Waals surface area contributed by atoms with E-state index in [4.69, 9.17) is 10.9 Å². The average Bonchev–Trinajstić information content (AvgIpc) is 2.67. The van der Waals surface area contributed by atoms with Crippen molar-refractivity contribution >= 4 is 21.8 Å². The summed E-state index contributed by atoms with van der Waals surface area (Å²) < 4.78 is 2.67. The molecule has 0 bridgehead atoms. The van der Waals surface area contributed by atoms with Crippen LogP contribution in [0.4, 0.5) is 0 Å². The molecule has 0 fully saturated rings. The van der Waals surface area contributed by atoms with Crippen molar-refractivity contribution < 1.29 is 5.21 Å². The molecule has 0 radical (unpaired) electrons. The lowest BCUT2D eigenvalue weighted by atomic mass is 10.1. The van der Waals surface area contributed by atoms with E-state index in [-0.39, 0.29) is 5.84 Å². The molecule has 0 saturated carbocycles. The Morgan fingerprint density at radius 1 is 1.39 bits per heavy atom. The van der Waals surface area contributed by atoms with Gasteiger partial charge in [-0.2, -0.15) is 5.10 Å². The van der Waals surface area contributed by atoms with Crippen molar-refractivity contribution in [2.24, 2.45) is 10.9 Å². The smallest absolute Gasteiger partial charge is 0.172 e. The van der Waals surface area contributed by atoms with E-state index in [1.54, 1.807) is 10.7 Å². The first-order valence-electron chi connectivity index (χ1n) is 5.34. The summed E-state index contributed by atoms with van der Waals surface area (Å²) in [4.78, 5) is 0. The second-order valence-corrected chi connectivity index (χ2v) is 4.90. The van der Waals surface area contributed by atoms with Gasteiger partial charge in [-0.1, -0.05) is 21.1 Å². The maximum absolute atomic E-state index is 8.82. The van der Waals surface area contributed by atoms with Gasteiger partial charge in [-0.05, 0) is 38.1 Å². The van der Waals surface area contributed by atoms with E-state index in [0.29, 0.717) is 5.56 Å². The highest BCUT2D eigenvalue weighted by atomic mass is 79.9. The molecule has 5 nitrogen and oxygen atoms in total. The lowest BCUT2D eigenvalue weighted by Gasteiger charge is -2.10. The third-order valence-electron chi connectivity index (χ3n) is 2.58. The molecule has 18 heavy (non-hydrogen) atoms. The molecule has 0 unspecified atom stereocenters. The van der Waals surface area contributed by atoms with Gasteiger partial charge >= 0.3 is 0 Å². The van der Waals surface area contributed by atoms with Crippen LogP contribution in [0.2, 0.25) is 0 Å². The second kappa shape index (κ2) is 4.81. The van der Waals surface area contributed by atoms with Crippen LogP contribution in [0, 0.1) is 13.8 Å². The summed E-state index contributed by atoms with van der Waals surface area (Å²) in [5, 5.41) is 16.3. The van der Waals surface area contributed by atoms with Crippen molar-refractivity contribution in [3.8, 4) is 5.69 Å². The van der Waals surface area contributed by atoms with Crippen LogP contribution < -0.4 is 5.73 Å². The van der Waals surface area contributed by atoms with Gasteiger partial charge < -0.3 is 10.9 Å². The van der Waals surface area contributed by atoms with Gasteiger partial charge in [0.05, 0.1) is 11.4 Å². The Balaban J connectivity index is 2.69. The monoisotopic (exact) mass is 308 g/mol. The van der Waals surface area contributed by atoms with Crippen molar-refractivity contribution in [1.29, 1.82) is 0 Å². The first-order valence-corrected chi connectivity index (χ1v) is 6.13. The number of aryl methyl sites for hydroxylation is 2. The predicted octanol–water partition coefficient (Wildman–Crippen LogP) is 2.35. The molecule has 0 aliphatic carbocycles. The topological polar surface area (TPSA) is 76.4 Å². The molecule has 1 heterocycles. The number of aromatic nitrogens is 2. The zero-order valence-corrected chi connectivity index (χ0v) is 11.6. The highest BCUT2D eigenvalue weighted by Gasteiger charge is 2.12. The zero-order chi connectivity index (χ0) is 13.3. The third kappa shape index (κ3) is 2.24. The fourth-order valence-corrected chi connectivity index (χ4v) is 2.17. The number of halogens is 1. The average molecular weight is 309 g/mol. The number of hydrogen-bond donors (Lipinski definition) is 2. The van der Waals surface area contributed by atoms with E-state index in [0.717, 1.165) is 21.5 Å². The number of nitrogens with zero attached hydrogens (tertiary/aromatic N) is 3. The Bertz CT molecular complexity index is 619. The van der Waals surface area contributed by atoms with Crippen molar-refractivity contribution in [2.75, 3.05) is 0 Å². The number of hydrogen-bond acceptors (Lipinski definition) is 3. The Morgan fingerprint density at radius 3 is 2.67 bits per heavy atom. The summed E-state index contributed by atoms with van der Waals surface area (Å²) in [5.41, 5.74) is 8.98. The van der Waals surface area contributed by atoms with Gasteiger partial charge in [0.15, 0.2) is 5.84 Å². The van der Waals surface area contributed by atoms with Crippen LogP contribution >= 0.6 is 15.9 Å². The predicted molar refractivity (Wildman–Crippen MR) is 73.2 cm³/mol. The van der Waals surface area contributed by atoms with E-state index in [9.17, 15) is 0 Å². The molecular weight excluding hydrogens is 296 g/mol. The molecule has 2 aromatic rings. The Morgan fingerprint density at radius 2 is 2.11 bits per heavy atom. The molecule has 94 valence electrons. The van der Waals surface area contributed by atoms with Gasteiger partial charge in [0, 0.05) is 15.7 Å². The van der Waals surface area contributed by atoms with Crippen molar-refractivity contribution in [2.45, 2.75) is 13.8 Å². The molecule has 1 aromatic heterocycles. The number of rotatable bonds is 2. The molecule has 0 saturated heterocycles. The van der Waals surface area contributed by atoms with E-state index in [1.165, 1.54) is 0 Å². The van der Waals surface area contributed by atoms with Gasteiger partial charge in [0.1, 0.15) is 0 Å². The number of nitrogens with two attached hydrogens (primary N) is 1. The second-order valence-electron chi connectivity index (χ2n) is 3.99. The number of benzene rings is 1. The summed E-state index contributed by atoms with van der Waals surface area (Å²) in [7, 11) is 0. The van der Waals surface area contributed by atoms with Crippen LogP contribution in [0.25, 0.3) is 5.69 Å². The van der Waals surface area contributed by atoms with Gasteiger partial charge in [-0.3, -0.25) is 0 Å². The van der Waals surface area contributed by atoms with Crippen LogP contribution in [0.3, 0.4) is 0 Å². The Kier molecular flexibility index (Phi) is 3.38. The van der Waals surface area contributed by atoms with E-state index in [1.807, 2.05) is 32.0 Å². The first kappa shape index (κ1) is 12.6. The highest BCUT2D eigenvalue weighted by Crippen LogP contribution is 2.21. The van der Waals surface area contributed by atoms with Crippen molar-refractivity contribution in [3.63, 3.8) is 0 Å². The SMILES string of the molecule is Cc1cc(C)n(-c2cc(Br)ccc2/C(N)=N/O)n1. The standard InChI is InChI=1S/C12H13BrN4O/c1-7-5-8(2)17(15-7)11-6-9(13)3-4-10(11)12(14)16-18/h3-6,18H,1-2H3,(H2,14,16). The van der Waals surface area contributed by atoms with Gasteiger partial charge in [0.25, 0.3) is 0 Å². The summed E-state index contributed by atoms with van der Waals surface area (Å²) >= 11 is 3.41. The van der Waals surface area contributed by atoms with E-state index >= 15 is 0 Å². The van der Waals surface area contributed by atoms with Crippen LogP contribution in [-0.2, 0) is 0 Å². The largest absolute Gasteiger partial charge is 0.409 e. The minimum absolute atomic E-state index is 0.0602. The lowest BCUT2D eigenvalue weighted by Crippen LogP contribution is -2.17. The highest BCUT2D eigenvalue weighted by molar-refractivity contribution is 9.10. The number of oxime groups is 1. The maximum atomic E-state index is 8.82. The minimum Gasteiger partial charge on any atom is -0.409 e. The lowest BCUT2D eigenvalue weighted by molar-refractivity contribution is 0.318. The van der Waals surface area contributed by atoms with Crippen LogP contribution in [0.15, 0.2) is 33.9 Å². The van der Waals surface area contributed by atoms with Gasteiger partial charge in [-0.15, -0.1) is 0 Å². The van der Waals surface area contributed by atoms with E-state index < -0.39 is 0 Å². The first-order chi connectivity index (χ1) is 8.52. The van der Waals surface area contributed by atoms with Crippen LogP contribution in [0.5, 0.6) is 0 Å². The fraction of sp³-hybridized carbons (Fsp3) is 0.167. The molecule has 2 rings (SSSR count). The summed E-state index contributed by atoms with van der Waals surface area (Å²) in [6, 6.07) is 7.47. The molecule has 6 heteroatoms. The maximum Gasteiger partial charge on any atom is 0.172 e. The molecule has 0 aliphatic rings. The summed E-state index contributed by atoms with van der Waals surface area (Å²) in [5.74, 6) is 0.0602. The van der Waals surface area contributed by atoms with Gasteiger partial charge in [-0.25, -0.2) is 4.68 Å². The molecule has 0 amide bonds. The van der Waals surface area contributed by atoms with E-state index in [2.05, 4.69) is 26.2 Å². The molecule has 1 aromatic carbocycles.